The number of thiazole rings is 1. The van der Waals surface area contributed by atoms with E-state index >= 15 is 0 Å². The molecule has 0 bridgehead atoms. The number of nitrogens with zero attached hydrogens (tertiary/aromatic N) is 4. The zero-order chi connectivity index (χ0) is 26.1. The summed E-state index contributed by atoms with van der Waals surface area (Å²) >= 11 is 2.36. The Morgan fingerprint density at radius 3 is 2.76 bits per heavy atom. The number of amides is 3. The molecule has 3 amide bonds. The third kappa shape index (κ3) is 4.86. The average molecular weight is 545 g/mol. The fourth-order valence-corrected chi connectivity index (χ4v) is 6.16. The predicted octanol–water partition coefficient (Wildman–Crippen LogP) is -0.939. The molecule has 2 aromatic heterocycles. The van der Waals surface area contributed by atoms with Crippen LogP contribution in [0.25, 0.3) is 0 Å². The molecule has 3 aliphatic heterocycles. The number of aliphatic carboxylic acids is 1. The Morgan fingerprint density at radius 2 is 2.11 bits per heavy atom. The zero-order valence-electron chi connectivity index (χ0n) is 19.2. The number of fused-ring (bicyclic) bond motifs is 1. The number of carboxylic acids is 1. The van der Waals surface area contributed by atoms with E-state index in [2.05, 4.69) is 20.8 Å². The van der Waals surface area contributed by atoms with Crippen LogP contribution >= 0.6 is 23.1 Å². The quantitative estimate of drug-likeness (QED) is 0.141. The van der Waals surface area contributed by atoms with E-state index in [0.717, 1.165) is 11.3 Å². The van der Waals surface area contributed by atoms with Crippen molar-refractivity contribution in [2.45, 2.75) is 30.5 Å². The van der Waals surface area contributed by atoms with E-state index in [0.29, 0.717) is 35.7 Å². The molecule has 37 heavy (non-hydrogen) atoms. The molecule has 2 aromatic rings. The summed E-state index contributed by atoms with van der Waals surface area (Å²) in [6.45, 7) is 0.752. The van der Waals surface area contributed by atoms with Crippen molar-refractivity contribution in [3.05, 3.63) is 52.9 Å². The second-order valence-corrected chi connectivity index (χ2v) is 10.5. The van der Waals surface area contributed by atoms with Gasteiger partial charge in [-0.1, -0.05) is 22.6 Å². The summed E-state index contributed by atoms with van der Waals surface area (Å²) in [5.74, 6) is -2.45. The van der Waals surface area contributed by atoms with Gasteiger partial charge in [-0.05, 0) is 0 Å². The molecule has 2 fully saturated rings. The third-order valence-electron chi connectivity index (χ3n) is 5.93. The summed E-state index contributed by atoms with van der Waals surface area (Å²) in [5, 5.41) is 18.6. The predicted molar refractivity (Wildman–Crippen MR) is 132 cm³/mol. The van der Waals surface area contributed by atoms with Crippen LogP contribution in [0.2, 0.25) is 0 Å². The van der Waals surface area contributed by atoms with E-state index < -0.39 is 35.3 Å². The van der Waals surface area contributed by atoms with Gasteiger partial charge in [0, 0.05) is 42.6 Å². The first-order valence-electron chi connectivity index (χ1n) is 11.2. The van der Waals surface area contributed by atoms with Gasteiger partial charge < -0.3 is 26.3 Å². The van der Waals surface area contributed by atoms with Crippen molar-refractivity contribution in [3.63, 3.8) is 0 Å². The van der Waals surface area contributed by atoms with Gasteiger partial charge in [0.05, 0.1) is 4.88 Å². The Labute approximate surface area is 218 Å². The number of hydrogen-bond donors (Lipinski definition) is 4. The number of nitrogens with two attached hydrogens (primary N) is 1. The minimum Gasteiger partial charge on any atom is -0.477 e. The van der Waals surface area contributed by atoms with Crippen LogP contribution < -0.4 is 20.9 Å². The number of pyridine rings is 1. The topological polar surface area (TPSA) is 180 Å². The van der Waals surface area contributed by atoms with Crippen LogP contribution in [-0.2, 0) is 30.6 Å². The molecule has 2 saturated heterocycles. The van der Waals surface area contributed by atoms with Crippen LogP contribution in [0.3, 0.4) is 0 Å². The van der Waals surface area contributed by atoms with E-state index in [1.165, 1.54) is 22.9 Å². The number of carbonyl (C=O) groups is 4. The first-order valence-corrected chi connectivity index (χ1v) is 13.1. The number of aromatic nitrogens is 2. The highest BCUT2D eigenvalue weighted by Crippen LogP contribution is 2.40. The lowest BCUT2D eigenvalue weighted by Gasteiger charge is -2.49. The maximum absolute atomic E-state index is 13.2. The summed E-state index contributed by atoms with van der Waals surface area (Å²) < 4.78 is 1.83. The summed E-state index contributed by atoms with van der Waals surface area (Å²) in [7, 11) is 0. The van der Waals surface area contributed by atoms with E-state index in [1.54, 1.807) is 0 Å². The molecule has 192 valence electrons. The van der Waals surface area contributed by atoms with Gasteiger partial charge >= 0.3 is 5.97 Å². The zero-order valence-corrected chi connectivity index (χ0v) is 20.8. The maximum Gasteiger partial charge on any atom is 0.352 e. The lowest BCUT2D eigenvalue weighted by Crippen LogP contribution is -2.71. The SMILES string of the molecule is Nc1ncc(C(=NO[C@@H]2CCNC2=O)C(=O)N[C@@H]2C(=O)N3C(C(=O)O)=C(C[n+]4ccccc4)CS[C@H]23)s1. The number of rotatable bonds is 8. The van der Waals surface area contributed by atoms with Crippen molar-refractivity contribution in [2.24, 2.45) is 5.16 Å². The molecule has 13 nitrogen and oxygen atoms in total. The van der Waals surface area contributed by atoms with Crippen molar-refractivity contribution >= 4 is 57.6 Å². The number of anilines is 1. The summed E-state index contributed by atoms with van der Waals surface area (Å²) in [6, 6.07) is 4.55. The highest BCUT2D eigenvalue weighted by Gasteiger charge is 2.54. The second kappa shape index (κ2) is 10.2. The fraction of sp³-hybridized carbons (Fsp3) is 0.318. The van der Waals surface area contributed by atoms with Crippen LogP contribution in [0.4, 0.5) is 5.13 Å². The lowest BCUT2D eigenvalue weighted by atomic mass is 10.0. The number of hydrogen-bond acceptors (Lipinski definition) is 10. The number of carbonyl (C=O) groups excluding carboxylic acids is 3. The smallest absolute Gasteiger partial charge is 0.352 e. The highest BCUT2D eigenvalue weighted by molar-refractivity contribution is 8.00. The molecule has 3 aliphatic rings. The molecule has 0 aliphatic carbocycles. The molecule has 0 unspecified atom stereocenters. The molecule has 5 rings (SSSR count). The normalized spacial score (nSPS) is 23.3. The monoisotopic (exact) mass is 544 g/mol. The summed E-state index contributed by atoms with van der Waals surface area (Å²) in [5.41, 5.74) is 6.04. The van der Waals surface area contributed by atoms with Crippen molar-refractivity contribution in [3.8, 4) is 0 Å². The first kappa shape index (κ1) is 24.7. The lowest BCUT2D eigenvalue weighted by molar-refractivity contribution is -0.689. The molecule has 3 atom stereocenters. The molecule has 0 radical (unpaired) electrons. The van der Waals surface area contributed by atoms with Crippen molar-refractivity contribution in [1.82, 2.24) is 20.5 Å². The van der Waals surface area contributed by atoms with Crippen molar-refractivity contribution in [1.29, 1.82) is 0 Å². The Bertz CT molecular complexity index is 1330. The van der Waals surface area contributed by atoms with Gasteiger partial charge in [-0.2, -0.15) is 0 Å². The molecule has 15 heteroatoms. The Morgan fingerprint density at radius 1 is 1.32 bits per heavy atom. The minimum absolute atomic E-state index is 0.0738. The molecular formula is C22H22N7O6S2+. The number of nitrogen functional groups attached to an aromatic ring is 1. The van der Waals surface area contributed by atoms with Gasteiger partial charge in [0.15, 0.2) is 29.8 Å². The number of β-lactam (4-membered cyclic amide) rings is 1. The van der Waals surface area contributed by atoms with Gasteiger partial charge in [-0.3, -0.25) is 19.3 Å². The van der Waals surface area contributed by atoms with Gasteiger partial charge in [0.2, 0.25) is 6.10 Å². The molecular weight excluding hydrogens is 522 g/mol. The van der Waals surface area contributed by atoms with Gasteiger partial charge in [0.25, 0.3) is 17.7 Å². The maximum atomic E-state index is 13.2. The van der Waals surface area contributed by atoms with E-state index in [1.807, 2.05) is 35.2 Å². The Balaban J connectivity index is 1.34. The first-order chi connectivity index (χ1) is 17.8. The van der Waals surface area contributed by atoms with E-state index in [-0.39, 0.29) is 22.4 Å². The Hall–Kier alpha value is -3.98. The standard InChI is InChI=1S/C22H21N7O6S2/c23-22-25-8-13(37-22)14(27-35-12-4-5-24-17(12)30)18(31)26-15-19(32)29-16(21(33)34)11(10-36-20(15)29)9-28-6-2-1-3-7-28/h1-3,6-8,12,15,20H,4-5,9-10H2,(H4-,23,24,25,26,27,30,31,33,34)/p+1/t12-,15-,20-/m1/s1. The average Bonchev–Trinajstić information content (AvgIpc) is 3.50. The van der Waals surface area contributed by atoms with Gasteiger partial charge in [-0.25, -0.2) is 14.3 Å². The van der Waals surface area contributed by atoms with Gasteiger partial charge in [0.1, 0.15) is 17.1 Å². The van der Waals surface area contributed by atoms with Crippen LogP contribution in [0.1, 0.15) is 11.3 Å². The minimum atomic E-state index is -1.21. The highest BCUT2D eigenvalue weighted by atomic mass is 32.2. The molecule has 0 saturated carbocycles. The van der Waals surface area contributed by atoms with Crippen LogP contribution in [-0.4, -0.2) is 74.2 Å². The van der Waals surface area contributed by atoms with E-state index in [4.69, 9.17) is 10.6 Å². The molecule has 0 aromatic carbocycles. The number of oxime groups is 1. The van der Waals surface area contributed by atoms with Crippen LogP contribution in [0.15, 0.2) is 53.2 Å². The van der Waals surface area contributed by atoms with Crippen LogP contribution in [0, 0.1) is 0 Å². The van der Waals surface area contributed by atoms with Crippen LogP contribution in [0.5, 0.6) is 0 Å². The molecule has 5 heterocycles. The Kier molecular flexibility index (Phi) is 6.80. The molecule has 0 spiro atoms. The van der Waals surface area contributed by atoms with E-state index in [9.17, 15) is 24.3 Å². The van der Waals surface area contributed by atoms with Gasteiger partial charge in [-0.15, -0.1) is 11.8 Å². The largest absolute Gasteiger partial charge is 0.477 e. The number of nitrogens with one attached hydrogen (secondary N) is 2. The second-order valence-electron chi connectivity index (χ2n) is 8.34. The summed E-state index contributed by atoms with van der Waals surface area (Å²) in [4.78, 5) is 60.9. The number of carboxylic acid groups (broad SMARTS) is 1. The third-order valence-corrected chi connectivity index (χ3v) is 8.10. The van der Waals surface area contributed by atoms with Crippen molar-refractivity contribution < 1.29 is 33.7 Å². The fourth-order valence-electron chi connectivity index (χ4n) is 4.16. The van der Waals surface area contributed by atoms with Crippen molar-refractivity contribution in [2.75, 3.05) is 18.0 Å². The summed E-state index contributed by atoms with van der Waals surface area (Å²) in [6.07, 6.45) is 4.53. The molecule has 5 N–H and O–H groups in total. The number of thioether (sulfide) groups is 1.